The number of rotatable bonds is 12. The topological polar surface area (TPSA) is 66.8 Å². The molecule has 0 unspecified atom stereocenters. The summed E-state index contributed by atoms with van der Waals surface area (Å²) in [6, 6.07) is 0. The molecule has 0 fully saturated rings. The first-order valence-corrected chi connectivity index (χ1v) is 9.11. The number of unbranched alkanes of at least 4 members (excludes halogenated alkanes) is 6. The Hall–Kier alpha value is -1.30. The van der Waals surface area contributed by atoms with Crippen LogP contribution >= 0.6 is 17.0 Å². The van der Waals surface area contributed by atoms with Crippen molar-refractivity contribution < 1.29 is 19.4 Å². The van der Waals surface area contributed by atoms with E-state index in [4.69, 9.17) is 4.74 Å². The summed E-state index contributed by atoms with van der Waals surface area (Å²) in [4.78, 5) is 24.7. The smallest absolute Gasteiger partial charge is 0.333 e. The maximum Gasteiger partial charge on any atom is 0.333 e. The van der Waals surface area contributed by atoms with E-state index in [1.807, 2.05) is 6.92 Å². The van der Waals surface area contributed by atoms with Gasteiger partial charge in [-0.15, -0.1) is 17.0 Å². The van der Waals surface area contributed by atoms with Crippen molar-refractivity contribution in [1.82, 2.24) is 4.90 Å². The van der Waals surface area contributed by atoms with Crippen LogP contribution in [0.25, 0.3) is 0 Å². The lowest BCUT2D eigenvalue weighted by Gasteiger charge is -2.25. The van der Waals surface area contributed by atoms with Crippen LogP contribution in [0, 0.1) is 0 Å². The molecule has 1 N–H and O–H groups in total. The molecule has 0 atom stereocenters. The molecule has 5 nitrogen and oxygen atoms in total. The number of allylic oxidation sites excluding steroid dienone is 2. The number of aliphatic carboxylic acids is 1. The second kappa shape index (κ2) is 13.9. The normalized spacial score (nSPS) is 13.6. The van der Waals surface area contributed by atoms with E-state index in [1.54, 1.807) is 17.2 Å². The molecule has 0 aromatic heterocycles. The fourth-order valence-electron chi connectivity index (χ4n) is 2.73. The lowest BCUT2D eigenvalue weighted by molar-refractivity contribution is -0.147. The van der Waals surface area contributed by atoms with Gasteiger partial charge in [-0.3, -0.25) is 4.79 Å². The van der Waals surface area contributed by atoms with Gasteiger partial charge in [0.05, 0.1) is 12.1 Å². The number of hydrogen-bond donors (Lipinski definition) is 1. The van der Waals surface area contributed by atoms with Crippen LogP contribution in [0.4, 0.5) is 0 Å². The Morgan fingerprint density at radius 3 is 2.36 bits per heavy atom. The zero-order chi connectivity index (χ0) is 17.8. The quantitative estimate of drug-likeness (QED) is 0.363. The highest BCUT2D eigenvalue weighted by atomic mass is 79.9. The molecule has 0 radical (unpaired) electrons. The first kappa shape index (κ1) is 23.7. The number of hydrogen-bond acceptors (Lipinski definition) is 4. The van der Waals surface area contributed by atoms with Crippen LogP contribution in [-0.4, -0.2) is 35.2 Å². The van der Waals surface area contributed by atoms with Gasteiger partial charge in [0.2, 0.25) is 0 Å². The van der Waals surface area contributed by atoms with Crippen molar-refractivity contribution in [2.75, 3.05) is 13.3 Å². The second-order valence-corrected chi connectivity index (χ2v) is 6.24. The summed E-state index contributed by atoms with van der Waals surface area (Å²) in [6.07, 6.45) is 12.9. The van der Waals surface area contributed by atoms with Crippen molar-refractivity contribution in [2.45, 2.75) is 71.6 Å². The molecular formula is C19H32BrNO4. The SMILES string of the molecule is Br.CCCCCCCCCC(=O)OCN1C=CC(CC)=C(C(=O)O)C1. The summed E-state index contributed by atoms with van der Waals surface area (Å²) in [7, 11) is 0. The first-order valence-electron chi connectivity index (χ1n) is 9.11. The maximum atomic E-state index is 11.8. The van der Waals surface area contributed by atoms with E-state index in [0.29, 0.717) is 18.4 Å². The highest BCUT2D eigenvalue weighted by Crippen LogP contribution is 2.18. The molecule has 6 heteroatoms. The Bertz CT molecular complexity index is 474. The molecule has 0 bridgehead atoms. The molecule has 0 spiro atoms. The van der Waals surface area contributed by atoms with Crippen LogP contribution in [0.1, 0.15) is 71.6 Å². The third-order valence-corrected chi connectivity index (χ3v) is 4.25. The molecule has 0 saturated carbocycles. The summed E-state index contributed by atoms with van der Waals surface area (Å²) >= 11 is 0. The Labute approximate surface area is 161 Å². The average Bonchev–Trinajstić information content (AvgIpc) is 2.58. The molecule has 0 amide bonds. The molecule has 1 aliphatic heterocycles. The number of halogens is 1. The van der Waals surface area contributed by atoms with Gasteiger partial charge in [-0.2, -0.15) is 0 Å². The zero-order valence-corrected chi connectivity index (χ0v) is 17.2. The van der Waals surface area contributed by atoms with Crippen molar-refractivity contribution in [2.24, 2.45) is 0 Å². The summed E-state index contributed by atoms with van der Waals surface area (Å²) in [5, 5.41) is 9.23. The van der Waals surface area contributed by atoms with Crippen LogP contribution in [-0.2, 0) is 14.3 Å². The van der Waals surface area contributed by atoms with Gasteiger partial charge < -0.3 is 14.7 Å². The minimum atomic E-state index is -0.907. The fraction of sp³-hybridized carbons (Fsp3) is 0.684. The van der Waals surface area contributed by atoms with Crippen LogP contribution in [0.15, 0.2) is 23.4 Å². The van der Waals surface area contributed by atoms with Gasteiger partial charge in [0, 0.05) is 12.6 Å². The standard InChI is InChI=1S/C19H31NO4.BrH/c1-3-5-6-7-8-9-10-11-18(21)24-15-20-13-12-16(4-2)17(14-20)19(22)23;/h12-13H,3-11,14-15H2,1-2H3,(H,22,23);1H. The molecular weight excluding hydrogens is 386 g/mol. The molecule has 0 aromatic rings. The summed E-state index contributed by atoms with van der Waals surface area (Å²) in [5.74, 6) is -1.12. The highest BCUT2D eigenvalue weighted by molar-refractivity contribution is 8.93. The van der Waals surface area contributed by atoms with E-state index in [1.165, 1.54) is 32.1 Å². The molecule has 1 aliphatic rings. The van der Waals surface area contributed by atoms with Gasteiger partial charge in [-0.1, -0.05) is 52.4 Å². The molecule has 1 heterocycles. The Balaban J connectivity index is 0.00000576. The predicted octanol–water partition coefficient (Wildman–Crippen LogP) is 4.83. The number of nitrogens with zero attached hydrogens (tertiary/aromatic N) is 1. The van der Waals surface area contributed by atoms with Gasteiger partial charge in [-0.25, -0.2) is 4.79 Å². The van der Waals surface area contributed by atoms with Crippen LogP contribution in [0.3, 0.4) is 0 Å². The van der Waals surface area contributed by atoms with E-state index < -0.39 is 5.97 Å². The van der Waals surface area contributed by atoms with Gasteiger partial charge in [-0.05, 0) is 24.5 Å². The summed E-state index contributed by atoms with van der Waals surface area (Å²) < 4.78 is 5.24. The van der Waals surface area contributed by atoms with Gasteiger partial charge in [0.25, 0.3) is 0 Å². The third-order valence-electron chi connectivity index (χ3n) is 4.25. The summed E-state index contributed by atoms with van der Waals surface area (Å²) in [6.45, 7) is 4.52. The largest absolute Gasteiger partial charge is 0.478 e. The number of esters is 1. The van der Waals surface area contributed by atoms with E-state index in [2.05, 4.69) is 6.92 Å². The molecule has 0 aromatic carbocycles. The van der Waals surface area contributed by atoms with Crippen LogP contribution in [0.2, 0.25) is 0 Å². The third kappa shape index (κ3) is 9.68. The molecule has 144 valence electrons. The maximum absolute atomic E-state index is 11.8. The monoisotopic (exact) mass is 417 g/mol. The lowest BCUT2D eigenvalue weighted by atomic mass is 10.0. The summed E-state index contributed by atoms with van der Waals surface area (Å²) in [5.41, 5.74) is 1.20. The molecule has 25 heavy (non-hydrogen) atoms. The minimum absolute atomic E-state index is 0. The van der Waals surface area contributed by atoms with E-state index in [0.717, 1.165) is 18.4 Å². The molecule has 1 rings (SSSR count). The second-order valence-electron chi connectivity index (χ2n) is 6.24. The number of ether oxygens (including phenoxy) is 1. The first-order chi connectivity index (χ1) is 11.6. The van der Waals surface area contributed by atoms with Crippen molar-refractivity contribution in [3.8, 4) is 0 Å². The van der Waals surface area contributed by atoms with Crippen molar-refractivity contribution >= 4 is 28.9 Å². The van der Waals surface area contributed by atoms with E-state index >= 15 is 0 Å². The fourth-order valence-corrected chi connectivity index (χ4v) is 2.73. The van der Waals surface area contributed by atoms with Gasteiger partial charge >= 0.3 is 11.9 Å². The minimum Gasteiger partial charge on any atom is -0.478 e. The number of carbonyl (C=O) groups is 2. The van der Waals surface area contributed by atoms with Gasteiger partial charge in [0.15, 0.2) is 6.73 Å². The van der Waals surface area contributed by atoms with Crippen LogP contribution in [0.5, 0.6) is 0 Å². The Morgan fingerprint density at radius 2 is 1.76 bits per heavy atom. The van der Waals surface area contributed by atoms with E-state index in [-0.39, 0.29) is 36.2 Å². The molecule has 0 aliphatic carbocycles. The number of carbonyl (C=O) groups excluding carboxylic acids is 1. The highest BCUT2D eigenvalue weighted by Gasteiger charge is 2.19. The van der Waals surface area contributed by atoms with Crippen molar-refractivity contribution in [3.63, 3.8) is 0 Å². The predicted molar refractivity (Wildman–Crippen MR) is 105 cm³/mol. The number of carboxylic acids is 1. The van der Waals surface area contributed by atoms with Crippen molar-refractivity contribution in [3.05, 3.63) is 23.4 Å². The average molecular weight is 418 g/mol. The lowest BCUT2D eigenvalue weighted by Crippen LogP contribution is -2.30. The Kier molecular flexibility index (Phi) is 13.2. The van der Waals surface area contributed by atoms with Gasteiger partial charge in [0.1, 0.15) is 0 Å². The van der Waals surface area contributed by atoms with Crippen LogP contribution < -0.4 is 0 Å². The molecule has 0 saturated heterocycles. The Morgan fingerprint density at radius 1 is 1.12 bits per heavy atom. The number of carboxylic acid groups (broad SMARTS) is 1. The van der Waals surface area contributed by atoms with E-state index in [9.17, 15) is 14.7 Å². The van der Waals surface area contributed by atoms with Crippen molar-refractivity contribution in [1.29, 1.82) is 0 Å². The zero-order valence-electron chi connectivity index (χ0n) is 15.5.